The lowest BCUT2D eigenvalue weighted by atomic mass is 10.2. The molecule has 0 bridgehead atoms. The van der Waals surface area contributed by atoms with Gasteiger partial charge in [-0.3, -0.25) is 0 Å². The van der Waals surface area contributed by atoms with Gasteiger partial charge in [0.2, 0.25) is 0 Å². The van der Waals surface area contributed by atoms with Crippen molar-refractivity contribution in [1.82, 2.24) is 14.9 Å². The van der Waals surface area contributed by atoms with Crippen LogP contribution in [0.15, 0.2) is 35.7 Å². The summed E-state index contributed by atoms with van der Waals surface area (Å²) in [6.45, 7) is 1.79. The number of hydrogen-bond acceptors (Lipinski definition) is 3. The molecule has 0 fully saturated rings. The van der Waals surface area contributed by atoms with Crippen LogP contribution < -0.4 is 0 Å². The first-order valence-electron chi connectivity index (χ1n) is 4.42. The zero-order valence-corrected chi connectivity index (χ0v) is 8.13. The Morgan fingerprint density at radius 2 is 2.33 bits per heavy atom. The van der Waals surface area contributed by atoms with E-state index in [2.05, 4.69) is 15.3 Å². The molecule has 0 aliphatic rings. The Balaban J connectivity index is 2.22. The molecule has 0 spiro atoms. The van der Waals surface area contributed by atoms with Gasteiger partial charge in [0, 0.05) is 0 Å². The second kappa shape index (κ2) is 4.00. The van der Waals surface area contributed by atoms with E-state index in [-0.39, 0.29) is 5.82 Å². The molecule has 0 radical (unpaired) electrons. The first-order chi connectivity index (χ1) is 7.25. The van der Waals surface area contributed by atoms with E-state index in [9.17, 15) is 4.39 Å². The van der Waals surface area contributed by atoms with Gasteiger partial charge >= 0.3 is 0 Å². The minimum absolute atomic E-state index is 0.278. The van der Waals surface area contributed by atoms with Crippen molar-refractivity contribution >= 4 is 6.21 Å². The molecule has 2 rings (SSSR count). The van der Waals surface area contributed by atoms with Crippen molar-refractivity contribution in [3.8, 4) is 0 Å². The van der Waals surface area contributed by atoms with E-state index in [1.807, 2.05) is 0 Å². The third kappa shape index (κ3) is 2.25. The Labute approximate surface area is 86.1 Å². The van der Waals surface area contributed by atoms with Crippen molar-refractivity contribution < 1.29 is 4.39 Å². The van der Waals surface area contributed by atoms with E-state index >= 15 is 0 Å². The van der Waals surface area contributed by atoms with Crippen LogP contribution in [0.3, 0.4) is 0 Å². The van der Waals surface area contributed by atoms with Crippen LogP contribution in [-0.2, 0) is 0 Å². The largest absolute Gasteiger partial charge is 0.207 e. The molecule has 0 amide bonds. The average molecular weight is 204 g/mol. The molecule has 0 saturated heterocycles. The predicted molar refractivity (Wildman–Crippen MR) is 54.2 cm³/mol. The van der Waals surface area contributed by atoms with Crippen molar-refractivity contribution in [2.75, 3.05) is 0 Å². The van der Waals surface area contributed by atoms with Gasteiger partial charge in [-0.15, -0.1) is 10.2 Å². The fraction of sp³-hybridized carbons (Fsp3) is 0.100. The minimum Gasteiger partial charge on any atom is -0.207 e. The van der Waals surface area contributed by atoms with Crippen LogP contribution in [0.25, 0.3) is 0 Å². The Kier molecular flexibility index (Phi) is 2.53. The highest BCUT2D eigenvalue weighted by atomic mass is 19.1. The van der Waals surface area contributed by atoms with Gasteiger partial charge in [-0.05, 0) is 24.6 Å². The fourth-order valence-corrected chi connectivity index (χ4v) is 1.12. The zero-order valence-electron chi connectivity index (χ0n) is 8.13. The summed E-state index contributed by atoms with van der Waals surface area (Å²) in [5, 5.41) is 11.5. The Hall–Kier alpha value is -2.04. The third-order valence-corrected chi connectivity index (χ3v) is 1.87. The number of aromatic nitrogens is 3. The second-order valence-corrected chi connectivity index (χ2v) is 3.02. The number of aryl methyl sites for hydroxylation is 1. The number of benzene rings is 1. The van der Waals surface area contributed by atoms with Gasteiger partial charge in [-0.2, -0.15) is 5.10 Å². The van der Waals surface area contributed by atoms with Gasteiger partial charge in [0.25, 0.3) is 0 Å². The molecular weight excluding hydrogens is 195 g/mol. The summed E-state index contributed by atoms with van der Waals surface area (Å²) in [6, 6.07) is 6.20. The number of rotatable bonds is 2. The molecule has 0 N–H and O–H groups in total. The Morgan fingerprint density at radius 1 is 1.47 bits per heavy atom. The molecule has 0 unspecified atom stereocenters. The first-order valence-corrected chi connectivity index (χ1v) is 4.42. The quantitative estimate of drug-likeness (QED) is 0.697. The summed E-state index contributed by atoms with van der Waals surface area (Å²) >= 11 is 0. The standard InChI is InChI=1S/C10H9FN4/c1-8-14-12-7-15(8)13-6-9-3-2-4-10(11)5-9/h2-7H,1H3. The minimum atomic E-state index is -0.278. The Bertz CT molecular complexity index is 490. The molecule has 0 aliphatic heterocycles. The lowest BCUT2D eigenvalue weighted by Crippen LogP contribution is -1.92. The molecule has 76 valence electrons. The molecule has 2 aromatic rings. The highest BCUT2D eigenvalue weighted by molar-refractivity contribution is 5.79. The number of nitrogens with zero attached hydrogens (tertiary/aromatic N) is 4. The lowest BCUT2D eigenvalue weighted by Gasteiger charge is -1.94. The van der Waals surface area contributed by atoms with Crippen LogP contribution in [0.2, 0.25) is 0 Å². The molecule has 4 nitrogen and oxygen atoms in total. The van der Waals surface area contributed by atoms with E-state index in [1.165, 1.54) is 23.1 Å². The predicted octanol–water partition coefficient (Wildman–Crippen LogP) is 1.61. The van der Waals surface area contributed by atoms with Crippen LogP contribution in [0.5, 0.6) is 0 Å². The topological polar surface area (TPSA) is 43.1 Å². The van der Waals surface area contributed by atoms with E-state index in [4.69, 9.17) is 0 Å². The summed E-state index contributed by atoms with van der Waals surface area (Å²) in [6.07, 6.45) is 3.05. The van der Waals surface area contributed by atoms with E-state index in [0.717, 1.165) is 0 Å². The lowest BCUT2D eigenvalue weighted by molar-refractivity contribution is 0.627. The van der Waals surface area contributed by atoms with Gasteiger partial charge in [-0.1, -0.05) is 12.1 Å². The molecule has 0 aliphatic carbocycles. The molecule has 15 heavy (non-hydrogen) atoms. The zero-order chi connectivity index (χ0) is 10.7. The summed E-state index contributed by atoms with van der Waals surface area (Å²) in [7, 11) is 0. The highest BCUT2D eigenvalue weighted by Gasteiger charge is 1.94. The third-order valence-electron chi connectivity index (χ3n) is 1.87. The average Bonchev–Trinajstić information content (AvgIpc) is 2.61. The number of halogens is 1. The highest BCUT2D eigenvalue weighted by Crippen LogP contribution is 2.01. The first kappa shape index (κ1) is 9.51. The van der Waals surface area contributed by atoms with Crippen molar-refractivity contribution in [1.29, 1.82) is 0 Å². The molecule has 0 saturated carbocycles. The van der Waals surface area contributed by atoms with E-state index in [1.54, 1.807) is 25.3 Å². The van der Waals surface area contributed by atoms with Crippen LogP contribution in [0.4, 0.5) is 4.39 Å². The molecule has 1 aromatic heterocycles. The van der Waals surface area contributed by atoms with Gasteiger partial charge in [0.15, 0.2) is 5.82 Å². The monoisotopic (exact) mass is 204 g/mol. The van der Waals surface area contributed by atoms with Crippen molar-refractivity contribution in [3.05, 3.63) is 47.8 Å². The van der Waals surface area contributed by atoms with Crippen molar-refractivity contribution in [3.63, 3.8) is 0 Å². The molecule has 1 heterocycles. The van der Waals surface area contributed by atoms with Gasteiger partial charge < -0.3 is 0 Å². The van der Waals surface area contributed by atoms with E-state index < -0.39 is 0 Å². The molecule has 0 atom stereocenters. The van der Waals surface area contributed by atoms with Crippen molar-refractivity contribution in [2.45, 2.75) is 6.92 Å². The van der Waals surface area contributed by atoms with E-state index in [0.29, 0.717) is 11.4 Å². The maximum absolute atomic E-state index is 12.8. The molecule has 1 aromatic carbocycles. The SMILES string of the molecule is Cc1nncn1N=Cc1cccc(F)c1. The smallest absolute Gasteiger partial charge is 0.151 e. The summed E-state index contributed by atoms with van der Waals surface area (Å²) in [5.41, 5.74) is 0.697. The summed E-state index contributed by atoms with van der Waals surface area (Å²) in [5.74, 6) is 0.405. The molecular formula is C10H9FN4. The van der Waals surface area contributed by atoms with Crippen LogP contribution >= 0.6 is 0 Å². The summed E-state index contributed by atoms with van der Waals surface area (Å²) in [4.78, 5) is 0. The maximum Gasteiger partial charge on any atom is 0.151 e. The van der Waals surface area contributed by atoms with Gasteiger partial charge in [-0.25, -0.2) is 9.07 Å². The van der Waals surface area contributed by atoms with Crippen molar-refractivity contribution in [2.24, 2.45) is 5.10 Å². The number of hydrogen-bond donors (Lipinski definition) is 0. The van der Waals surface area contributed by atoms with Crippen LogP contribution in [0, 0.1) is 12.7 Å². The van der Waals surface area contributed by atoms with Crippen LogP contribution in [-0.4, -0.2) is 21.1 Å². The molecule has 5 heteroatoms. The normalized spacial score (nSPS) is 11.1. The maximum atomic E-state index is 12.8. The van der Waals surface area contributed by atoms with Gasteiger partial charge in [0.05, 0.1) is 6.21 Å². The second-order valence-electron chi connectivity index (χ2n) is 3.02. The Morgan fingerprint density at radius 3 is 3.00 bits per heavy atom. The fourth-order valence-electron chi connectivity index (χ4n) is 1.12. The summed E-state index contributed by atoms with van der Waals surface area (Å²) < 4.78 is 14.3. The van der Waals surface area contributed by atoms with Gasteiger partial charge in [0.1, 0.15) is 12.1 Å². The van der Waals surface area contributed by atoms with Crippen LogP contribution in [0.1, 0.15) is 11.4 Å².